The summed E-state index contributed by atoms with van der Waals surface area (Å²) in [7, 11) is 0. The molecule has 0 spiro atoms. The molecule has 1 aliphatic heterocycles. The van der Waals surface area contributed by atoms with Crippen LogP contribution in [0.5, 0.6) is 0 Å². The summed E-state index contributed by atoms with van der Waals surface area (Å²) >= 11 is 6.20. The normalized spacial score (nSPS) is 16.5. The summed E-state index contributed by atoms with van der Waals surface area (Å²) in [5, 5.41) is 12.3. The van der Waals surface area contributed by atoms with Gasteiger partial charge in [-0.3, -0.25) is 10.1 Å². The number of benzene rings is 3. The van der Waals surface area contributed by atoms with Gasteiger partial charge in [-0.05, 0) is 53.3 Å². The number of nitrogens with zero attached hydrogens (tertiary/aromatic N) is 1. The summed E-state index contributed by atoms with van der Waals surface area (Å²) in [5.41, 5.74) is 4.99. The highest BCUT2D eigenvalue weighted by molar-refractivity contribution is 6.31. The zero-order chi connectivity index (χ0) is 24.5. The average molecular weight is 491 g/mol. The van der Waals surface area contributed by atoms with E-state index in [1.165, 1.54) is 23.1 Å². The van der Waals surface area contributed by atoms with Crippen molar-refractivity contribution in [1.82, 2.24) is 4.90 Å². The Morgan fingerprint density at radius 2 is 1.66 bits per heavy atom. The summed E-state index contributed by atoms with van der Waals surface area (Å²) in [4.78, 5) is 38.4. The molecule has 0 aromatic heterocycles. The van der Waals surface area contributed by atoms with Crippen LogP contribution >= 0.6 is 11.6 Å². The number of halogens is 1. The highest BCUT2D eigenvalue weighted by atomic mass is 35.5. The van der Waals surface area contributed by atoms with Crippen LogP contribution in [0.15, 0.2) is 66.7 Å². The fourth-order valence-corrected chi connectivity index (χ4v) is 5.21. The molecule has 0 bridgehead atoms. The molecule has 2 aliphatic rings. The summed E-state index contributed by atoms with van der Waals surface area (Å²) < 4.78 is 5.57. The molecule has 1 saturated heterocycles. The second-order valence-corrected chi connectivity index (χ2v) is 9.11. The highest BCUT2D eigenvalue weighted by Crippen LogP contribution is 2.44. The number of ether oxygens (including phenoxy) is 1. The molecule has 1 heterocycles. The number of carbonyl (C=O) groups is 3. The van der Waals surface area contributed by atoms with Crippen molar-refractivity contribution in [2.75, 3.05) is 18.5 Å². The van der Waals surface area contributed by atoms with Crippen LogP contribution in [0.2, 0.25) is 5.02 Å². The average Bonchev–Trinajstić information content (AvgIpc) is 3.45. The Morgan fingerprint density at radius 1 is 1.00 bits per heavy atom. The molecule has 3 aromatic rings. The number of rotatable bonds is 5. The number of aliphatic carboxylic acids is 1. The first-order valence-electron chi connectivity index (χ1n) is 11.4. The Bertz CT molecular complexity index is 1280. The van der Waals surface area contributed by atoms with Gasteiger partial charge in [0, 0.05) is 28.7 Å². The third-order valence-electron chi connectivity index (χ3n) is 6.53. The molecule has 3 aromatic carbocycles. The molecule has 1 atom stereocenters. The molecular formula is C27H23ClN2O5. The topological polar surface area (TPSA) is 95.9 Å². The fourth-order valence-electron chi connectivity index (χ4n) is 4.97. The van der Waals surface area contributed by atoms with Crippen molar-refractivity contribution in [3.63, 3.8) is 0 Å². The predicted octanol–water partition coefficient (Wildman–Crippen LogP) is 5.39. The summed E-state index contributed by atoms with van der Waals surface area (Å²) in [6, 6.07) is 19.7. The van der Waals surface area contributed by atoms with Crippen molar-refractivity contribution in [1.29, 1.82) is 0 Å². The van der Waals surface area contributed by atoms with Gasteiger partial charge in [-0.25, -0.2) is 9.59 Å². The molecule has 7 nitrogen and oxygen atoms in total. The van der Waals surface area contributed by atoms with Crippen molar-refractivity contribution in [3.8, 4) is 11.1 Å². The van der Waals surface area contributed by atoms with Gasteiger partial charge in [0.15, 0.2) is 0 Å². The highest BCUT2D eigenvalue weighted by Gasteiger charge is 2.34. The second kappa shape index (κ2) is 9.43. The Labute approximate surface area is 207 Å². The maximum Gasteiger partial charge on any atom is 0.411 e. The number of anilines is 1. The van der Waals surface area contributed by atoms with Crippen LogP contribution in [0.1, 0.15) is 40.2 Å². The SMILES string of the molecule is O=C(Nc1cc(Cl)cc(C(=O)N2CCC[C@H]2C(=O)O)c1)OCC1c2ccccc2-c2ccccc21. The zero-order valence-electron chi connectivity index (χ0n) is 18.7. The van der Waals surface area contributed by atoms with E-state index < -0.39 is 24.0 Å². The zero-order valence-corrected chi connectivity index (χ0v) is 19.5. The first kappa shape index (κ1) is 22.9. The fraction of sp³-hybridized carbons (Fsp3) is 0.222. The first-order valence-corrected chi connectivity index (χ1v) is 11.8. The van der Waals surface area contributed by atoms with Crippen molar-refractivity contribution in [3.05, 3.63) is 88.4 Å². The van der Waals surface area contributed by atoms with Crippen LogP contribution in [0.4, 0.5) is 10.5 Å². The first-order chi connectivity index (χ1) is 16.9. The monoisotopic (exact) mass is 490 g/mol. The van der Waals surface area contributed by atoms with Crippen LogP contribution in [-0.4, -0.2) is 47.2 Å². The van der Waals surface area contributed by atoms with Crippen LogP contribution in [-0.2, 0) is 9.53 Å². The minimum Gasteiger partial charge on any atom is -0.480 e. The van der Waals surface area contributed by atoms with E-state index in [0.29, 0.717) is 25.1 Å². The maximum absolute atomic E-state index is 12.9. The van der Waals surface area contributed by atoms with E-state index >= 15 is 0 Å². The van der Waals surface area contributed by atoms with Crippen LogP contribution in [0.3, 0.4) is 0 Å². The maximum atomic E-state index is 12.9. The molecule has 35 heavy (non-hydrogen) atoms. The summed E-state index contributed by atoms with van der Waals surface area (Å²) in [6.07, 6.45) is 0.359. The van der Waals surface area contributed by atoms with E-state index in [4.69, 9.17) is 16.3 Å². The number of likely N-dealkylation sites (tertiary alicyclic amines) is 1. The van der Waals surface area contributed by atoms with Gasteiger partial charge in [0.25, 0.3) is 5.91 Å². The smallest absolute Gasteiger partial charge is 0.411 e. The van der Waals surface area contributed by atoms with Gasteiger partial charge in [-0.1, -0.05) is 60.1 Å². The molecule has 2 amide bonds. The lowest BCUT2D eigenvalue weighted by Crippen LogP contribution is -2.40. The van der Waals surface area contributed by atoms with E-state index in [1.807, 2.05) is 36.4 Å². The third kappa shape index (κ3) is 4.47. The van der Waals surface area contributed by atoms with Crippen molar-refractivity contribution in [2.24, 2.45) is 0 Å². The van der Waals surface area contributed by atoms with Crippen LogP contribution in [0.25, 0.3) is 11.1 Å². The lowest BCUT2D eigenvalue weighted by molar-refractivity contribution is -0.141. The lowest BCUT2D eigenvalue weighted by Gasteiger charge is -2.22. The number of hydrogen-bond donors (Lipinski definition) is 2. The third-order valence-corrected chi connectivity index (χ3v) is 6.75. The van der Waals surface area contributed by atoms with Gasteiger partial charge >= 0.3 is 12.1 Å². The van der Waals surface area contributed by atoms with Crippen LogP contribution in [0, 0.1) is 0 Å². The molecular weight excluding hydrogens is 468 g/mol. The number of fused-ring (bicyclic) bond motifs is 3. The van der Waals surface area contributed by atoms with E-state index in [9.17, 15) is 19.5 Å². The number of carboxylic acids is 1. The molecule has 0 unspecified atom stereocenters. The molecule has 0 radical (unpaired) electrons. The quantitative estimate of drug-likeness (QED) is 0.500. The molecule has 2 N–H and O–H groups in total. The van der Waals surface area contributed by atoms with Crippen molar-refractivity contribution in [2.45, 2.75) is 24.8 Å². The number of carboxylic acid groups (broad SMARTS) is 1. The van der Waals surface area contributed by atoms with Crippen molar-refractivity contribution >= 4 is 35.3 Å². The van der Waals surface area contributed by atoms with Gasteiger partial charge in [-0.15, -0.1) is 0 Å². The van der Waals surface area contributed by atoms with Crippen molar-refractivity contribution < 1.29 is 24.2 Å². The molecule has 1 fully saturated rings. The molecule has 1 aliphatic carbocycles. The molecule has 8 heteroatoms. The Balaban J connectivity index is 1.28. The van der Waals surface area contributed by atoms with Gasteiger partial charge in [-0.2, -0.15) is 0 Å². The number of hydrogen-bond acceptors (Lipinski definition) is 4. The second-order valence-electron chi connectivity index (χ2n) is 8.67. The van der Waals surface area contributed by atoms with Gasteiger partial charge in [0.1, 0.15) is 12.6 Å². The van der Waals surface area contributed by atoms with E-state index in [1.54, 1.807) is 0 Å². The standard InChI is InChI=1S/C27H23ClN2O5/c28-17-12-16(25(31)30-11-5-10-24(30)26(32)33)13-18(14-17)29-27(34)35-15-23-21-8-3-1-6-19(21)20-7-2-4-9-22(20)23/h1-4,6-9,12-14,23-24H,5,10-11,15H2,(H,29,34)(H,32,33)/t24-/m0/s1. The van der Waals surface area contributed by atoms with Gasteiger partial charge in [0.05, 0.1) is 0 Å². The van der Waals surface area contributed by atoms with E-state index in [2.05, 4.69) is 17.4 Å². The summed E-state index contributed by atoms with van der Waals surface area (Å²) in [6.45, 7) is 0.512. The summed E-state index contributed by atoms with van der Waals surface area (Å²) in [5.74, 6) is -1.55. The molecule has 178 valence electrons. The molecule has 0 saturated carbocycles. The molecule has 5 rings (SSSR count). The Hall–Kier alpha value is -3.84. The van der Waals surface area contributed by atoms with E-state index in [0.717, 1.165) is 22.3 Å². The Morgan fingerprint density at radius 3 is 2.31 bits per heavy atom. The van der Waals surface area contributed by atoms with Gasteiger partial charge < -0.3 is 14.7 Å². The number of amides is 2. The van der Waals surface area contributed by atoms with Crippen LogP contribution < -0.4 is 5.32 Å². The predicted molar refractivity (Wildman–Crippen MR) is 132 cm³/mol. The number of carbonyl (C=O) groups excluding carboxylic acids is 2. The Kier molecular flexibility index (Phi) is 6.17. The van der Waals surface area contributed by atoms with E-state index in [-0.39, 0.29) is 23.1 Å². The minimum absolute atomic E-state index is 0.0761. The largest absolute Gasteiger partial charge is 0.480 e. The number of nitrogens with one attached hydrogen (secondary N) is 1. The van der Waals surface area contributed by atoms with Gasteiger partial charge in [0.2, 0.25) is 0 Å². The lowest BCUT2D eigenvalue weighted by atomic mass is 9.98. The minimum atomic E-state index is -1.03.